The number of methoxy groups -OCH3 is 2. The van der Waals surface area contributed by atoms with Crippen molar-refractivity contribution < 1.29 is 19.1 Å². The molecule has 0 spiro atoms. The van der Waals surface area contributed by atoms with Crippen LogP contribution in [0, 0.1) is 0 Å². The van der Waals surface area contributed by atoms with Crippen molar-refractivity contribution in [2.45, 2.75) is 0 Å². The molecule has 6 heteroatoms. The summed E-state index contributed by atoms with van der Waals surface area (Å²) in [5, 5.41) is 0.128. The third-order valence-corrected chi connectivity index (χ3v) is 3.16. The van der Waals surface area contributed by atoms with Crippen molar-refractivity contribution in [3.8, 4) is 11.3 Å². The highest BCUT2D eigenvalue weighted by atomic mass is 35.5. The third-order valence-electron chi connectivity index (χ3n) is 2.78. The highest BCUT2D eigenvalue weighted by Gasteiger charge is 2.27. The quantitative estimate of drug-likeness (QED) is 0.884. The maximum atomic E-state index is 11.8. The number of rotatable bonds is 3. The van der Waals surface area contributed by atoms with E-state index >= 15 is 0 Å². The van der Waals surface area contributed by atoms with Gasteiger partial charge in [-0.3, -0.25) is 0 Å². The van der Waals surface area contributed by atoms with E-state index in [-0.39, 0.29) is 16.3 Å². The molecule has 0 unspecified atom stereocenters. The summed E-state index contributed by atoms with van der Waals surface area (Å²) < 4.78 is 9.29. The van der Waals surface area contributed by atoms with E-state index < -0.39 is 11.9 Å². The molecule has 1 aromatic heterocycles. The van der Waals surface area contributed by atoms with Crippen molar-refractivity contribution in [3.63, 3.8) is 0 Å². The van der Waals surface area contributed by atoms with Gasteiger partial charge >= 0.3 is 11.9 Å². The van der Waals surface area contributed by atoms with Crippen molar-refractivity contribution in [1.29, 1.82) is 0 Å². The van der Waals surface area contributed by atoms with E-state index in [2.05, 4.69) is 14.5 Å². The fraction of sp³-hybridized carbons (Fsp3) is 0.143. The number of hydrogen-bond acceptors (Lipinski definition) is 4. The summed E-state index contributed by atoms with van der Waals surface area (Å²) in [4.78, 5) is 26.3. The number of aromatic amines is 1. The molecule has 0 fully saturated rings. The highest BCUT2D eigenvalue weighted by molar-refractivity contribution is 6.37. The monoisotopic (exact) mass is 293 g/mol. The second-order valence-corrected chi connectivity index (χ2v) is 4.29. The first-order chi connectivity index (χ1) is 9.60. The Morgan fingerprint density at radius 3 is 2.20 bits per heavy atom. The SMILES string of the molecule is COC(=O)c1[nH]c(-c2ccccc2)c(Cl)c1C(=O)OC. The summed E-state index contributed by atoms with van der Waals surface area (Å²) in [6.07, 6.45) is 0. The largest absolute Gasteiger partial charge is 0.465 e. The molecule has 0 amide bonds. The van der Waals surface area contributed by atoms with Crippen LogP contribution in [0.25, 0.3) is 11.3 Å². The molecule has 0 saturated heterocycles. The number of carbonyl (C=O) groups is 2. The molecular formula is C14H12ClNO4. The number of nitrogens with one attached hydrogen (secondary N) is 1. The Morgan fingerprint density at radius 2 is 1.65 bits per heavy atom. The summed E-state index contributed by atoms with van der Waals surface area (Å²) in [7, 11) is 2.44. The Hall–Kier alpha value is -2.27. The Kier molecular flexibility index (Phi) is 4.10. The van der Waals surface area contributed by atoms with Crippen molar-refractivity contribution >= 4 is 23.5 Å². The second kappa shape index (κ2) is 5.79. The average molecular weight is 294 g/mol. The molecule has 20 heavy (non-hydrogen) atoms. The van der Waals surface area contributed by atoms with Crippen LogP contribution in [0.1, 0.15) is 20.8 Å². The van der Waals surface area contributed by atoms with E-state index in [0.717, 1.165) is 5.56 Å². The van der Waals surface area contributed by atoms with Gasteiger partial charge in [0.15, 0.2) is 0 Å². The zero-order chi connectivity index (χ0) is 14.7. The van der Waals surface area contributed by atoms with Gasteiger partial charge in [0.1, 0.15) is 11.3 Å². The highest BCUT2D eigenvalue weighted by Crippen LogP contribution is 2.33. The van der Waals surface area contributed by atoms with Crippen LogP contribution in [-0.4, -0.2) is 31.1 Å². The first-order valence-electron chi connectivity index (χ1n) is 5.73. The van der Waals surface area contributed by atoms with Crippen LogP contribution in [0.5, 0.6) is 0 Å². The lowest BCUT2D eigenvalue weighted by atomic mass is 10.1. The third kappa shape index (κ3) is 2.40. The number of hydrogen-bond donors (Lipinski definition) is 1. The summed E-state index contributed by atoms with van der Waals surface area (Å²) in [5.74, 6) is -1.39. The zero-order valence-electron chi connectivity index (χ0n) is 10.9. The number of carbonyl (C=O) groups excluding carboxylic acids is 2. The minimum Gasteiger partial charge on any atom is -0.465 e. The molecule has 0 atom stereocenters. The van der Waals surface area contributed by atoms with Gasteiger partial charge in [-0.15, -0.1) is 0 Å². The standard InChI is InChI=1S/C14H12ClNO4/c1-19-13(17)9-10(15)11(8-6-4-3-5-7-8)16-12(9)14(18)20-2/h3-7,16H,1-2H3. The van der Waals surface area contributed by atoms with Crippen molar-refractivity contribution in [1.82, 2.24) is 4.98 Å². The van der Waals surface area contributed by atoms with E-state index in [9.17, 15) is 9.59 Å². The first kappa shape index (κ1) is 14.1. The number of aromatic nitrogens is 1. The summed E-state index contributed by atoms with van der Waals surface area (Å²) in [6, 6.07) is 9.10. The predicted molar refractivity (Wildman–Crippen MR) is 73.9 cm³/mol. The predicted octanol–water partition coefficient (Wildman–Crippen LogP) is 2.91. The first-order valence-corrected chi connectivity index (χ1v) is 6.11. The lowest BCUT2D eigenvalue weighted by molar-refractivity contribution is 0.0552. The topological polar surface area (TPSA) is 68.4 Å². The lowest BCUT2D eigenvalue weighted by Crippen LogP contribution is -2.10. The van der Waals surface area contributed by atoms with Crippen molar-refractivity contribution in [2.75, 3.05) is 14.2 Å². The molecule has 0 aliphatic carbocycles. The van der Waals surface area contributed by atoms with Crippen LogP contribution in [0.15, 0.2) is 30.3 Å². The van der Waals surface area contributed by atoms with Gasteiger partial charge in [0.05, 0.1) is 24.9 Å². The van der Waals surface area contributed by atoms with E-state index in [4.69, 9.17) is 11.6 Å². The molecule has 0 aliphatic rings. The minimum atomic E-state index is -0.700. The number of ether oxygens (including phenoxy) is 2. The van der Waals surface area contributed by atoms with Gasteiger partial charge in [0.25, 0.3) is 0 Å². The van der Waals surface area contributed by atoms with Gasteiger partial charge in [-0.1, -0.05) is 41.9 Å². The van der Waals surface area contributed by atoms with Crippen LogP contribution in [0.3, 0.4) is 0 Å². The Labute approximate surface area is 120 Å². The Balaban J connectivity index is 2.65. The van der Waals surface area contributed by atoms with Gasteiger partial charge in [0, 0.05) is 0 Å². The van der Waals surface area contributed by atoms with Gasteiger partial charge in [-0.2, -0.15) is 0 Å². The Bertz CT molecular complexity index is 649. The zero-order valence-corrected chi connectivity index (χ0v) is 11.7. The van der Waals surface area contributed by atoms with Gasteiger partial charge in [0.2, 0.25) is 0 Å². The normalized spacial score (nSPS) is 10.2. The van der Waals surface area contributed by atoms with E-state index in [1.165, 1.54) is 14.2 Å². The molecule has 104 valence electrons. The number of benzene rings is 1. The fourth-order valence-electron chi connectivity index (χ4n) is 1.83. The van der Waals surface area contributed by atoms with E-state index in [0.29, 0.717) is 5.69 Å². The van der Waals surface area contributed by atoms with Crippen LogP contribution in [0.2, 0.25) is 5.02 Å². The molecule has 0 bridgehead atoms. The van der Waals surface area contributed by atoms with Gasteiger partial charge in [-0.25, -0.2) is 9.59 Å². The molecule has 1 heterocycles. The van der Waals surface area contributed by atoms with Gasteiger partial charge in [-0.05, 0) is 5.56 Å². The fourth-order valence-corrected chi connectivity index (χ4v) is 2.16. The number of halogens is 1. The van der Waals surface area contributed by atoms with Crippen molar-refractivity contribution in [2.24, 2.45) is 0 Å². The number of esters is 2. The lowest BCUT2D eigenvalue weighted by Gasteiger charge is -2.00. The summed E-state index contributed by atoms with van der Waals surface area (Å²) >= 11 is 6.20. The molecule has 0 saturated carbocycles. The van der Waals surface area contributed by atoms with E-state index in [1.54, 1.807) is 12.1 Å². The molecule has 0 radical (unpaired) electrons. The molecule has 1 aromatic carbocycles. The molecule has 5 nitrogen and oxygen atoms in total. The molecule has 2 rings (SSSR count). The number of H-pyrrole nitrogens is 1. The van der Waals surface area contributed by atoms with Crippen LogP contribution >= 0.6 is 11.6 Å². The smallest absolute Gasteiger partial charge is 0.355 e. The van der Waals surface area contributed by atoms with Crippen LogP contribution in [-0.2, 0) is 9.47 Å². The van der Waals surface area contributed by atoms with Crippen molar-refractivity contribution in [3.05, 3.63) is 46.6 Å². The summed E-state index contributed by atoms with van der Waals surface area (Å²) in [6.45, 7) is 0. The second-order valence-electron chi connectivity index (χ2n) is 3.91. The minimum absolute atomic E-state index is 0.0248. The van der Waals surface area contributed by atoms with Gasteiger partial charge < -0.3 is 14.5 Å². The molecule has 0 aliphatic heterocycles. The maximum absolute atomic E-state index is 11.8. The van der Waals surface area contributed by atoms with Crippen LogP contribution < -0.4 is 0 Å². The molecule has 1 N–H and O–H groups in total. The van der Waals surface area contributed by atoms with E-state index in [1.807, 2.05) is 18.2 Å². The Morgan fingerprint density at radius 1 is 1.05 bits per heavy atom. The molecular weight excluding hydrogens is 282 g/mol. The van der Waals surface area contributed by atoms with Crippen LogP contribution in [0.4, 0.5) is 0 Å². The molecule has 2 aromatic rings. The maximum Gasteiger partial charge on any atom is 0.355 e. The average Bonchev–Trinajstić information content (AvgIpc) is 2.84. The summed E-state index contributed by atoms with van der Waals surface area (Å²) in [5.41, 5.74) is 1.16.